The molecule has 3 rings (SSSR count). The van der Waals surface area contributed by atoms with Gasteiger partial charge in [-0.2, -0.15) is 0 Å². The van der Waals surface area contributed by atoms with Gasteiger partial charge < -0.3 is 20.4 Å². The van der Waals surface area contributed by atoms with Crippen molar-refractivity contribution < 1.29 is 9.53 Å². The van der Waals surface area contributed by atoms with E-state index in [2.05, 4.69) is 20.6 Å². The predicted octanol–water partition coefficient (Wildman–Crippen LogP) is 2.03. The van der Waals surface area contributed by atoms with Gasteiger partial charge in [-0.25, -0.2) is 4.98 Å². The molecule has 0 aliphatic carbocycles. The van der Waals surface area contributed by atoms with Crippen LogP contribution < -0.4 is 10.6 Å². The molecule has 122 valence electrons. The summed E-state index contributed by atoms with van der Waals surface area (Å²) in [5.41, 5.74) is 2.60. The molecule has 1 fully saturated rings. The number of aromatic nitrogens is 2. The van der Waals surface area contributed by atoms with Gasteiger partial charge in [0.25, 0.3) is 0 Å². The number of halogens is 2. The normalized spacial score (nSPS) is 17.4. The van der Waals surface area contributed by atoms with E-state index in [0.717, 1.165) is 35.6 Å². The van der Waals surface area contributed by atoms with E-state index in [-0.39, 0.29) is 36.8 Å². The van der Waals surface area contributed by atoms with E-state index in [1.54, 1.807) is 0 Å². The Kier molecular flexibility index (Phi) is 7.09. The lowest BCUT2D eigenvalue weighted by Gasteiger charge is -2.23. The number of ether oxygens (including phenoxy) is 1. The number of hydrogen-bond acceptors (Lipinski definition) is 4. The Balaban J connectivity index is 0.00000121. The number of carbonyl (C=O) groups is 1. The first-order chi connectivity index (χ1) is 9.70. The van der Waals surface area contributed by atoms with Crippen LogP contribution >= 0.6 is 24.8 Å². The number of carbonyl (C=O) groups excluding carboxylic acids is 1. The molecule has 6 nitrogen and oxygen atoms in total. The van der Waals surface area contributed by atoms with Crippen LogP contribution in [0.3, 0.4) is 0 Å². The van der Waals surface area contributed by atoms with Crippen LogP contribution in [-0.2, 0) is 9.53 Å². The number of imidazole rings is 1. The second-order valence-electron chi connectivity index (χ2n) is 5.00. The summed E-state index contributed by atoms with van der Waals surface area (Å²) in [5, 5.41) is 6.11. The van der Waals surface area contributed by atoms with Gasteiger partial charge in [0.2, 0.25) is 5.91 Å². The topological polar surface area (TPSA) is 79.0 Å². The van der Waals surface area contributed by atoms with Crippen LogP contribution in [0.25, 0.3) is 11.0 Å². The number of nitrogens with one attached hydrogen (secondary N) is 3. The molecule has 1 aliphatic rings. The van der Waals surface area contributed by atoms with E-state index in [0.29, 0.717) is 13.0 Å². The Labute approximate surface area is 141 Å². The van der Waals surface area contributed by atoms with Gasteiger partial charge in [-0.3, -0.25) is 4.79 Å². The molecule has 8 heteroatoms. The molecule has 1 unspecified atom stereocenters. The molecule has 1 atom stereocenters. The summed E-state index contributed by atoms with van der Waals surface area (Å²) < 4.78 is 5.52. The Bertz CT molecular complexity index is 626. The van der Waals surface area contributed by atoms with Crippen LogP contribution in [0.2, 0.25) is 0 Å². The van der Waals surface area contributed by atoms with Crippen LogP contribution in [0, 0.1) is 6.92 Å². The number of aromatic amines is 1. The molecule has 3 N–H and O–H groups in total. The number of hydrogen-bond donors (Lipinski definition) is 3. The van der Waals surface area contributed by atoms with Crippen molar-refractivity contribution in [2.45, 2.75) is 19.4 Å². The molecule has 1 amide bonds. The second-order valence-corrected chi connectivity index (χ2v) is 5.00. The molecule has 2 aromatic rings. The molecular weight excluding hydrogens is 327 g/mol. The summed E-state index contributed by atoms with van der Waals surface area (Å²) in [6, 6.07) is 5.65. The molecular formula is C14H20Cl2N4O2. The van der Waals surface area contributed by atoms with Crippen molar-refractivity contribution in [3.63, 3.8) is 0 Å². The van der Waals surface area contributed by atoms with Gasteiger partial charge in [0.05, 0.1) is 30.2 Å². The maximum Gasteiger partial charge on any atom is 0.227 e. The lowest BCUT2D eigenvalue weighted by atomic mass is 10.2. The SMILES string of the molecule is Cc1nc2ccc(NC(=O)CC3CNCCO3)cc2[nH]1.Cl.Cl. The number of nitrogens with zero attached hydrogens (tertiary/aromatic N) is 1. The van der Waals surface area contributed by atoms with Gasteiger partial charge in [-0.05, 0) is 25.1 Å². The molecule has 1 aromatic heterocycles. The van der Waals surface area contributed by atoms with Crippen molar-refractivity contribution in [2.24, 2.45) is 0 Å². The average molecular weight is 347 g/mol. The first-order valence-electron chi connectivity index (χ1n) is 6.79. The highest BCUT2D eigenvalue weighted by Crippen LogP contribution is 2.17. The first kappa shape index (κ1) is 18.7. The largest absolute Gasteiger partial charge is 0.375 e. The third kappa shape index (κ3) is 4.58. The third-order valence-corrected chi connectivity index (χ3v) is 3.30. The highest BCUT2D eigenvalue weighted by Gasteiger charge is 2.17. The van der Waals surface area contributed by atoms with Gasteiger partial charge in [0.1, 0.15) is 5.82 Å². The van der Waals surface area contributed by atoms with E-state index in [4.69, 9.17) is 4.74 Å². The molecule has 1 aliphatic heterocycles. The van der Waals surface area contributed by atoms with Crippen LogP contribution in [0.4, 0.5) is 5.69 Å². The monoisotopic (exact) mass is 346 g/mol. The zero-order valence-electron chi connectivity index (χ0n) is 12.2. The smallest absolute Gasteiger partial charge is 0.227 e. The average Bonchev–Trinajstić information content (AvgIpc) is 2.79. The van der Waals surface area contributed by atoms with Crippen molar-refractivity contribution in [1.82, 2.24) is 15.3 Å². The number of fused-ring (bicyclic) bond motifs is 1. The maximum absolute atomic E-state index is 12.0. The zero-order chi connectivity index (χ0) is 13.9. The van der Waals surface area contributed by atoms with Crippen molar-refractivity contribution in [1.29, 1.82) is 0 Å². The number of H-pyrrole nitrogens is 1. The van der Waals surface area contributed by atoms with E-state index >= 15 is 0 Å². The molecule has 22 heavy (non-hydrogen) atoms. The van der Waals surface area contributed by atoms with E-state index in [1.807, 2.05) is 25.1 Å². The van der Waals surface area contributed by atoms with Gasteiger partial charge in [0, 0.05) is 18.8 Å². The van der Waals surface area contributed by atoms with Gasteiger partial charge in [-0.1, -0.05) is 0 Å². The van der Waals surface area contributed by atoms with E-state index < -0.39 is 0 Å². The number of benzene rings is 1. The summed E-state index contributed by atoms with van der Waals surface area (Å²) in [7, 11) is 0. The fourth-order valence-corrected chi connectivity index (χ4v) is 2.38. The molecule has 1 saturated heterocycles. The number of anilines is 1. The van der Waals surface area contributed by atoms with Gasteiger partial charge in [-0.15, -0.1) is 24.8 Å². The summed E-state index contributed by atoms with van der Waals surface area (Å²) in [6.07, 6.45) is 0.328. The molecule has 0 bridgehead atoms. The number of amides is 1. The third-order valence-electron chi connectivity index (χ3n) is 3.30. The van der Waals surface area contributed by atoms with Crippen molar-refractivity contribution in [2.75, 3.05) is 25.0 Å². The summed E-state index contributed by atoms with van der Waals surface area (Å²) in [4.78, 5) is 19.5. The Morgan fingerprint density at radius 1 is 1.45 bits per heavy atom. The maximum atomic E-state index is 12.0. The molecule has 0 spiro atoms. The zero-order valence-corrected chi connectivity index (χ0v) is 13.9. The minimum atomic E-state index is -0.0399. The lowest BCUT2D eigenvalue weighted by molar-refractivity contribution is -0.119. The lowest BCUT2D eigenvalue weighted by Crippen LogP contribution is -2.40. The molecule has 1 aromatic carbocycles. The quantitative estimate of drug-likeness (QED) is 0.794. The summed E-state index contributed by atoms with van der Waals surface area (Å²) in [5.74, 6) is 0.833. The number of morpholine rings is 1. The van der Waals surface area contributed by atoms with Crippen molar-refractivity contribution in [3.05, 3.63) is 24.0 Å². The second kappa shape index (κ2) is 8.33. The first-order valence-corrected chi connectivity index (χ1v) is 6.79. The highest BCUT2D eigenvalue weighted by molar-refractivity contribution is 5.93. The fraction of sp³-hybridized carbons (Fsp3) is 0.429. The Hall–Kier alpha value is -1.34. The number of rotatable bonds is 3. The molecule has 0 saturated carbocycles. The Morgan fingerprint density at radius 3 is 3.00 bits per heavy atom. The molecule has 0 radical (unpaired) electrons. The minimum Gasteiger partial charge on any atom is -0.375 e. The van der Waals surface area contributed by atoms with Gasteiger partial charge >= 0.3 is 0 Å². The number of aryl methyl sites for hydroxylation is 1. The van der Waals surface area contributed by atoms with Crippen LogP contribution in [-0.4, -0.2) is 41.7 Å². The van der Waals surface area contributed by atoms with Crippen LogP contribution in [0.1, 0.15) is 12.2 Å². The fourth-order valence-electron chi connectivity index (χ4n) is 2.38. The summed E-state index contributed by atoms with van der Waals surface area (Å²) in [6.45, 7) is 4.16. The van der Waals surface area contributed by atoms with Crippen molar-refractivity contribution in [3.8, 4) is 0 Å². The van der Waals surface area contributed by atoms with Crippen LogP contribution in [0.5, 0.6) is 0 Å². The summed E-state index contributed by atoms with van der Waals surface area (Å²) >= 11 is 0. The predicted molar refractivity (Wildman–Crippen MR) is 91.2 cm³/mol. The Morgan fingerprint density at radius 2 is 2.27 bits per heavy atom. The van der Waals surface area contributed by atoms with Crippen molar-refractivity contribution >= 4 is 47.4 Å². The van der Waals surface area contributed by atoms with Crippen LogP contribution in [0.15, 0.2) is 18.2 Å². The van der Waals surface area contributed by atoms with E-state index in [1.165, 1.54) is 0 Å². The minimum absolute atomic E-state index is 0. The van der Waals surface area contributed by atoms with E-state index in [9.17, 15) is 4.79 Å². The van der Waals surface area contributed by atoms with Gasteiger partial charge in [0.15, 0.2) is 0 Å². The standard InChI is InChI=1S/C14H18N4O2.2ClH/c1-9-16-12-3-2-10(6-13(12)17-9)18-14(19)7-11-8-15-4-5-20-11;;/h2-3,6,11,15H,4-5,7-8H2,1H3,(H,16,17)(H,18,19);2*1H. The molecule has 2 heterocycles. The highest BCUT2D eigenvalue weighted by atomic mass is 35.5.